The minimum absolute atomic E-state index is 0.380. The van der Waals surface area contributed by atoms with E-state index in [2.05, 4.69) is 5.32 Å². The van der Waals surface area contributed by atoms with Crippen molar-refractivity contribution >= 4 is 35.0 Å². The van der Waals surface area contributed by atoms with E-state index in [0.29, 0.717) is 11.3 Å². The van der Waals surface area contributed by atoms with Crippen LogP contribution in [0.25, 0.3) is 10.8 Å². The van der Waals surface area contributed by atoms with Crippen molar-refractivity contribution in [1.82, 2.24) is 5.32 Å². The van der Waals surface area contributed by atoms with E-state index < -0.39 is 7.12 Å². The summed E-state index contributed by atoms with van der Waals surface area (Å²) in [5.41, 5.74) is 3.32. The van der Waals surface area contributed by atoms with E-state index >= 15 is 0 Å². The van der Waals surface area contributed by atoms with Crippen molar-refractivity contribution in [3.8, 4) is 0 Å². The highest BCUT2D eigenvalue weighted by molar-refractivity contribution is 6.62. The summed E-state index contributed by atoms with van der Waals surface area (Å²) in [5, 5.41) is 24.7. The Labute approximate surface area is 180 Å². The van der Waals surface area contributed by atoms with Crippen molar-refractivity contribution in [1.29, 1.82) is 0 Å². The summed E-state index contributed by atoms with van der Waals surface area (Å²) >= 11 is 0. The molecule has 4 aromatic rings. The standard InChI is InChI=1S/C25H20BN3O2/c30-26(31)22-16-8-13-19-20(22)14-7-15-21(19)25-28-23(17-9-3-1-4-10-17)27-24(29-25)18-11-5-2-6-12-18/h1-16,23,30-31H,(H,27,28,29). The van der Waals surface area contributed by atoms with Crippen molar-refractivity contribution in [2.75, 3.05) is 0 Å². The van der Waals surface area contributed by atoms with Crippen LogP contribution in [-0.4, -0.2) is 28.8 Å². The molecule has 0 fully saturated rings. The average Bonchev–Trinajstić information content (AvgIpc) is 2.84. The molecular weight excluding hydrogens is 385 g/mol. The highest BCUT2D eigenvalue weighted by Crippen LogP contribution is 2.26. The molecular formula is C25H20BN3O2. The van der Waals surface area contributed by atoms with Gasteiger partial charge in [-0.05, 0) is 21.8 Å². The summed E-state index contributed by atoms with van der Waals surface area (Å²) in [7, 11) is -1.54. The van der Waals surface area contributed by atoms with Gasteiger partial charge in [0.15, 0.2) is 6.17 Å². The van der Waals surface area contributed by atoms with Gasteiger partial charge >= 0.3 is 7.12 Å². The topological polar surface area (TPSA) is 77.2 Å². The number of rotatable bonds is 4. The van der Waals surface area contributed by atoms with Crippen molar-refractivity contribution in [3.05, 3.63) is 114 Å². The van der Waals surface area contributed by atoms with Crippen molar-refractivity contribution in [3.63, 3.8) is 0 Å². The predicted molar refractivity (Wildman–Crippen MR) is 126 cm³/mol. The lowest BCUT2D eigenvalue weighted by Crippen LogP contribution is -2.36. The molecule has 31 heavy (non-hydrogen) atoms. The molecule has 1 heterocycles. The molecule has 1 unspecified atom stereocenters. The molecule has 0 saturated heterocycles. The minimum atomic E-state index is -1.54. The van der Waals surface area contributed by atoms with E-state index in [4.69, 9.17) is 9.98 Å². The smallest absolute Gasteiger partial charge is 0.423 e. The first-order valence-corrected chi connectivity index (χ1v) is 10.1. The third-order valence-electron chi connectivity index (χ3n) is 5.37. The van der Waals surface area contributed by atoms with E-state index in [1.165, 1.54) is 0 Å². The molecule has 5 rings (SSSR count). The number of benzene rings is 4. The quantitative estimate of drug-likeness (QED) is 0.457. The number of hydrogen-bond acceptors (Lipinski definition) is 5. The first-order valence-electron chi connectivity index (χ1n) is 10.1. The Kier molecular flexibility index (Phi) is 5.08. The van der Waals surface area contributed by atoms with Gasteiger partial charge in [-0.25, -0.2) is 9.98 Å². The van der Waals surface area contributed by atoms with Gasteiger partial charge in [0.1, 0.15) is 11.7 Å². The van der Waals surface area contributed by atoms with Crippen molar-refractivity contribution in [2.45, 2.75) is 6.17 Å². The maximum Gasteiger partial charge on any atom is 0.489 e. The first-order chi connectivity index (χ1) is 15.2. The van der Waals surface area contributed by atoms with Gasteiger partial charge in [-0.15, -0.1) is 0 Å². The molecule has 1 aliphatic rings. The number of hydrogen-bond donors (Lipinski definition) is 3. The lowest BCUT2D eigenvalue weighted by molar-refractivity contribution is 0.426. The lowest BCUT2D eigenvalue weighted by atomic mass is 9.76. The molecule has 0 aliphatic carbocycles. The van der Waals surface area contributed by atoms with Crippen LogP contribution in [0.4, 0.5) is 0 Å². The Morgan fingerprint density at radius 1 is 0.645 bits per heavy atom. The van der Waals surface area contributed by atoms with Crippen LogP contribution < -0.4 is 10.8 Å². The van der Waals surface area contributed by atoms with Crippen LogP contribution in [0.1, 0.15) is 22.9 Å². The summed E-state index contributed by atoms with van der Waals surface area (Å²) in [6.07, 6.45) is -0.380. The molecule has 0 saturated carbocycles. The lowest BCUT2D eigenvalue weighted by Gasteiger charge is -2.23. The van der Waals surface area contributed by atoms with Crippen LogP contribution in [-0.2, 0) is 0 Å². The highest BCUT2D eigenvalue weighted by atomic mass is 16.4. The van der Waals surface area contributed by atoms with E-state index in [0.717, 1.165) is 33.3 Å². The molecule has 1 aliphatic heterocycles. The summed E-state index contributed by atoms with van der Waals surface area (Å²) < 4.78 is 0. The Hall–Kier alpha value is -3.74. The van der Waals surface area contributed by atoms with Crippen molar-refractivity contribution in [2.24, 2.45) is 9.98 Å². The average molecular weight is 405 g/mol. The molecule has 4 aromatic carbocycles. The molecule has 1 atom stereocenters. The Morgan fingerprint density at radius 3 is 2.03 bits per heavy atom. The zero-order valence-corrected chi connectivity index (χ0v) is 16.7. The van der Waals surface area contributed by atoms with Crippen LogP contribution in [0.5, 0.6) is 0 Å². The normalized spacial score (nSPS) is 15.7. The highest BCUT2D eigenvalue weighted by Gasteiger charge is 2.22. The number of nitrogens with one attached hydrogen (secondary N) is 1. The summed E-state index contributed by atoms with van der Waals surface area (Å²) in [4.78, 5) is 9.78. The molecule has 6 heteroatoms. The molecule has 150 valence electrons. The maximum absolute atomic E-state index is 9.79. The maximum atomic E-state index is 9.79. The summed E-state index contributed by atoms with van der Waals surface area (Å²) in [6, 6.07) is 31.2. The second-order valence-corrected chi connectivity index (χ2v) is 7.35. The fraction of sp³-hybridized carbons (Fsp3) is 0.0400. The molecule has 0 bridgehead atoms. The first kappa shape index (κ1) is 19.2. The van der Waals surface area contributed by atoms with Gasteiger partial charge in [-0.2, -0.15) is 0 Å². The Balaban J connectivity index is 1.67. The monoisotopic (exact) mass is 405 g/mol. The molecule has 0 spiro atoms. The molecule has 0 aromatic heterocycles. The van der Waals surface area contributed by atoms with E-state index in [1.807, 2.05) is 91.0 Å². The van der Waals surface area contributed by atoms with Crippen LogP contribution in [0.3, 0.4) is 0 Å². The van der Waals surface area contributed by atoms with Gasteiger partial charge in [0.2, 0.25) is 0 Å². The molecule has 3 N–H and O–H groups in total. The van der Waals surface area contributed by atoms with Crippen LogP contribution in [0.2, 0.25) is 0 Å². The van der Waals surface area contributed by atoms with Gasteiger partial charge < -0.3 is 15.4 Å². The van der Waals surface area contributed by atoms with E-state index in [-0.39, 0.29) is 6.17 Å². The second kappa shape index (κ2) is 8.18. The van der Waals surface area contributed by atoms with Crippen molar-refractivity contribution < 1.29 is 10.0 Å². The van der Waals surface area contributed by atoms with Crippen LogP contribution in [0, 0.1) is 0 Å². The fourth-order valence-electron chi connectivity index (χ4n) is 3.87. The van der Waals surface area contributed by atoms with Gasteiger partial charge in [0.05, 0.1) is 0 Å². The minimum Gasteiger partial charge on any atom is -0.423 e. The fourth-order valence-corrected chi connectivity index (χ4v) is 3.87. The van der Waals surface area contributed by atoms with Crippen LogP contribution in [0.15, 0.2) is 107 Å². The summed E-state index contributed by atoms with van der Waals surface area (Å²) in [5.74, 6) is 1.44. The largest absolute Gasteiger partial charge is 0.489 e. The Bertz CT molecular complexity index is 1290. The third-order valence-corrected chi connectivity index (χ3v) is 5.37. The van der Waals surface area contributed by atoms with E-state index in [1.54, 1.807) is 6.07 Å². The Morgan fingerprint density at radius 2 is 1.29 bits per heavy atom. The predicted octanol–water partition coefficient (Wildman–Crippen LogP) is 3.02. The number of aliphatic imine (C=N–C) groups is 2. The van der Waals surface area contributed by atoms with Gasteiger partial charge in [0, 0.05) is 11.1 Å². The number of nitrogens with zero attached hydrogens (tertiary/aromatic N) is 2. The summed E-state index contributed by atoms with van der Waals surface area (Å²) in [6.45, 7) is 0. The number of fused-ring (bicyclic) bond motifs is 1. The van der Waals surface area contributed by atoms with Crippen LogP contribution >= 0.6 is 0 Å². The number of amidine groups is 2. The van der Waals surface area contributed by atoms with Gasteiger partial charge in [0.25, 0.3) is 0 Å². The SMILES string of the molecule is OB(O)c1cccc2c(C3=NC(c4ccccc4)N=C(c4ccccc4)N3)cccc12. The van der Waals surface area contributed by atoms with Gasteiger partial charge in [-0.1, -0.05) is 97.1 Å². The van der Waals surface area contributed by atoms with E-state index in [9.17, 15) is 10.0 Å². The third kappa shape index (κ3) is 3.74. The molecule has 0 amide bonds. The zero-order chi connectivity index (χ0) is 21.2. The zero-order valence-electron chi connectivity index (χ0n) is 16.7. The molecule has 0 radical (unpaired) electrons. The molecule has 5 nitrogen and oxygen atoms in total. The van der Waals surface area contributed by atoms with Gasteiger partial charge in [-0.3, -0.25) is 0 Å². The second-order valence-electron chi connectivity index (χ2n) is 7.35.